The summed E-state index contributed by atoms with van der Waals surface area (Å²) in [5.41, 5.74) is 3.42. The zero-order chi connectivity index (χ0) is 14.5. The monoisotopic (exact) mass is 274 g/mol. The number of benzene rings is 1. The Morgan fingerprint density at radius 2 is 1.60 bits per heavy atom. The van der Waals surface area contributed by atoms with Crippen molar-refractivity contribution in [3.63, 3.8) is 0 Å². The van der Waals surface area contributed by atoms with E-state index in [1.54, 1.807) is 0 Å². The standard InChI is InChI=1S/C16H18O4/c1-19-15(17)14(16(18)20-2)10-13(12-8-9-12)11-6-4-3-5-7-11/h3-7,14H,8-10H2,1-2H3. The van der Waals surface area contributed by atoms with Gasteiger partial charge < -0.3 is 9.47 Å². The molecule has 0 radical (unpaired) electrons. The van der Waals surface area contributed by atoms with Crippen LogP contribution in [0.1, 0.15) is 24.8 Å². The molecule has 0 atom stereocenters. The summed E-state index contributed by atoms with van der Waals surface area (Å²) in [6.45, 7) is 0. The first-order valence-corrected chi connectivity index (χ1v) is 6.59. The van der Waals surface area contributed by atoms with E-state index in [1.807, 2.05) is 30.3 Å². The van der Waals surface area contributed by atoms with Crippen LogP contribution < -0.4 is 0 Å². The minimum absolute atomic E-state index is 0.332. The third kappa shape index (κ3) is 3.26. The fraction of sp³-hybridized carbons (Fsp3) is 0.375. The number of carbonyl (C=O) groups excluding carboxylic acids is 2. The highest BCUT2D eigenvalue weighted by molar-refractivity contribution is 5.97. The first-order chi connectivity index (χ1) is 9.67. The van der Waals surface area contributed by atoms with Crippen molar-refractivity contribution in [2.45, 2.75) is 19.3 Å². The largest absolute Gasteiger partial charge is 0.468 e. The van der Waals surface area contributed by atoms with Gasteiger partial charge in [-0.05, 0) is 30.4 Å². The van der Waals surface area contributed by atoms with Crippen LogP contribution in [0.5, 0.6) is 0 Å². The van der Waals surface area contributed by atoms with E-state index >= 15 is 0 Å². The van der Waals surface area contributed by atoms with Gasteiger partial charge in [0, 0.05) is 0 Å². The highest BCUT2D eigenvalue weighted by atomic mass is 16.5. The number of rotatable bonds is 5. The molecule has 1 aromatic carbocycles. The minimum Gasteiger partial charge on any atom is -0.468 e. The Labute approximate surface area is 118 Å². The van der Waals surface area contributed by atoms with E-state index in [0.717, 1.165) is 24.0 Å². The van der Waals surface area contributed by atoms with E-state index in [2.05, 4.69) is 0 Å². The summed E-state index contributed by atoms with van der Waals surface area (Å²) in [4.78, 5) is 23.6. The van der Waals surface area contributed by atoms with Crippen LogP contribution >= 0.6 is 0 Å². The summed E-state index contributed by atoms with van der Waals surface area (Å²) in [6, 6.07) is 9.82. The predicted octanol–water partition coefficient (Wildman–Crippen LogP) is 2.59. The number of ether oxygens (including phenoxy) is 2. The summed E-state index contributed by atoms with van der Waals surface area (Å²) >= 11 is 0. The molecule has 0 unspecified atom stereocenters. The molecule has 0 aliphatic heterocycles. The van der Waals surface area contributed by atoms with Crippen molar-refractivity contribution in [1.29, 1.82) is 0 Å². The fourth-order valence-corrected chi connectivity index (χ4v) is 2.22. The van der Waals surface area contributed by atoms with Crippen LogP contribution in [0.4, 0.5) is 0 Å². The normalized spacial score (nSPS) is 13.1. The summed E-state index contributed by atoms with van der Waals surface area (Å²) in [7, 11) is 2.56. The van der Waals surface area contributed by atoms with Crippen LogP contribution in [0.2, 0.25) is 0 Å². The summed E-state index contributed by atoms with van der Waals surface area (Å²) in [6.07, 6.45) is 2.39. The molecule has 0 bridgehead atoms. The molecule has 0 saturated heterocycles. The van der Waals surface area contributed by atoms with Crippen molar-refractivity contribution < 1.29 is 19.1 Å². The van der Waals surface area contributed by atoms with Crippen molar-refractivity contribution >= 4 is 17.5 Å². The summed E-state index contributed by atoms with van der Waals surface area (Å²) in [5, 5.41) is 0. The third-order valence-electron chi connectivity index (χ3n) is 3.43. The zero-order valence-corrected chi connectivity index (χ0v) is 11.7. The second-order valence-corrected chi connectivity index (χ2v) is 4.75. The molecule has 0 spiro atoms. The molecule has 0 heterocycles. The van der Waals surface area contributed by atoms with Crippen molar-refractivity contribution in [2.24, 2.45) is 5.92 Å². The lowest BCUT2D eigenvalue weighted by molar-refractivity contribution is -0.158. The molecule has 1 aliphatic carbocycles. The molecule has 106 valence electrons. The Morgan fingerprint density at radius 1 is 1.05 bits per heavy atom. The number of carbonyl (C=O) groups is 2. The number of esters is 2. The maximum absolute atomic E-state index is 11.8. The molecular weight excluding hydrogens is 256 g/mol. The van der Waals surface area contributed by atoms with Gasteiger partial charge in [0.25, 0.3) is 0 Å². The average Bonchev–Trinajstić information content (AvgIpc) is 3.32. The zero-order valence-electron chi connectivity index (χ0n) is 11.7. The maximum atomic E-state index is 11.8. The van der Waals surface area contributed by atoms with Gasteiger partial charge >= 0.3 is 11.9 Å². The van der Waals surface area contributed by atoms with Crippen LogP contribution in [-0.2, 0) is 19.1 Å². The SMILES string of the molecule is COC(=O)C(CC(=C1CC1)c1ccccc1)C(=O)OC. The lowest BCUT2D eigenvalue weighted by Gasteiger charge is -2.15. The molecule has 1 aliphatic rings. The molecule has 4 nitrogen and oxygen atoms in total. The van der Waals surface area contributed by atoms with Gasteiger partial charge in [-0.2, -0.15) is 0 Å². The number of methoxy groups -OCH3 is 2. The molecule has 0 N–H and O–H groups in total. The molecule has 4 heteroatoms. The smallest absolute Gasteiger partial charge is 0.320 e. The Bertz CT molecular complexity index is 509. The van der Waals surface area contributed by atoms with E-state index in [1.165, 1.54) is 19.8 Å². The highest BCUT2D eigenvalue weighted by Crippen LogP contribution is 2.39. The van der Waals surface area contributed by atoms with Gasteiger partial charge in [-0.25, -0.2) is 0 Å². The number of hydrogen-bond acceptors (Lipinski definition) is 4. The van der Waals surface area contributed by atoms with Gasteiger partial charge in [0.05, 0.1) is 14.2 Å². The number of allylic oxidation sites excluding steroid dienone is 2. The molecule has 1 fully saturated rings. The van der Waals surface area contributed by atoms with Crippen LogP contribution in [0.25, 0.3) is 5.57 Å². The summed E-state index contributed by atoms with van der Waals surface area (Å²) in [5.74, 6) is -1.99. The molecule has 1 aromatic rings. The van der Waals surface area contributed by atoms with Crippen molar-refractivity contribution in [3.8, 4) is 0 Å². The lowest BCUT2D eigenvalue weighted by atomic mass is 9.93. The predicted molar refractivity (Wildman–Crippen MR) is 74.7 cm³/mol. The Morgan fingerprint density at radius 3 is 2.05 bits per heavy atom. The van der Waals surface area contributed by atoms with E-state index in [4.69, 9.17) is 9.47 Å². The second kappa shape index (κ2) is 6.37. The van der Waals surface area contributed by atoms with E-state index in [0.29, 0.717) is 6.42 Å². The first-order valence-electron chi connectivity index (χ1n) is 6.59. The van der Waals surface area contributed by atoms with Crippen LogP contribution in [0, 0.1) is 5.92 Å². The van der Waals surface area contributed by atoms with Crippen LogP contribution in [0.3, 0.4) is 0 Å². The first kappa shape index (κ1) is 14.3. The minimum atomic E-state index is -0.895. The molecule has 0 aromatic heterocycles. The van der Waals surface area contributed by atoms with Crippen LogP contribution in [0.15, 0.2) is 35.9 Å². The van der Waals surface area contributed by atoms with Gasteiger partial charge in [0.15, 0.2) is 5.92 Å². The van der Waals surface area contributed by atoms with Gasteiger partial charge in [-0.3, -0.25) is 9.59 Å². The molecule has 20 heavy (non-hydrogen) atoms. The Kier molecular flexibility index (Phi) is 4.56. The molecule has 2 rings (SSSR count). The third-order valence-corrected chi connectivity index (χ3v) is 3.43. The quantitative estimate of drug-likeness (QED) is 0.611. The topological polar surface area (TPSA) is 52.6 Å². The average molecular weight is 274 g/mol. The number of hydrogen-bond donors (Lipinski definition) is 0. The maximum Gasteiger partial charge on any atom is 0.320 e. The Hall–Kier alpha value is -2.10. The fourth-order valence-electron chi connectivity index (χ4n) is 2.22. The molecule has 1 saturated carbocycles. The van der Waals surface area contributed by atoms with Gasteiger partial charge in [-0.15, -0.1) is 0 Å². The molecule has 0 amide bonds. The van der Waals surface area contributed by atoms with Crippen molar-refractivity contribution in [2.75, 3.05) is 14.2 Å². The van der Waals surface area contributed by atoms with Gasteiger partial charge in [0.2, 0.25) is 0 Å². The Balaban J connectivity index is 2.26. The second-order valence-electron chi connectivity index (χ2n) is 4.75. The summed E-state index contributed by atoms with van der Waals surface area (Å²) < 4.78 is 9.42. The lowest BCUT2D eigenvalue weighted by Crippen LogP contribution is -2.26. The van der Waals surface area contributed by atoms with Gasteiger partial charge in [0.1, 0.15) is 0 Å². The van der Waals surface area contributed by atoms with Crippen molar-refractivity contribution in [1.82, 2.24) is 0 Å². The van der Waals surface area contributed by atoms with E-state index < -0.39 is 17.9 Å². The van der Waals surface area contributed by atoms with Crippen molar-refractivity contribution in [3.05, 3.63) is 41.5 Å². The highest BCUT2D eigenvalue weighted by Gasteiger charge is 2.32. The van der Waals surface area contributed by atoms with E-state index in [-0.39, 0.29) is 0 Å². The van der Waals surface area contributed by atoms with E-state index in [9.17, 15) is 9.59 Å². The van der Waals surface area contributed by atoms with Crippen LogP contribution in [-0.4, -0.2) is 26.2 Å². The molecular formula is C16H18O4. The van der Waals surface area contributed by atoms with Gasteiger partial charge in [-0.1, -0.05) is 35.9 Å².